The SMILES string of the molecule is CN1c2ccc(-c3ccc4c(c3)c3ccccc3n4-c3cc4cc5c(c6ccc7cccc3c7c46)-c3ccccc3[Si]5(C)C)cc2C(C)(C)c2cc(-c3c4ccccc4c(-c4cccc5ccccc45)c4ccccc34)ccc21. The average molecular weight is 1020 g/mol. The minimum absolute atomic E-state index is 0.300. The van der Waals surface area contributed by atoms with E-state index in [1.807, 2.05) is 0 Å². The van der Waals surface area contributed by atoms with E-state index in [9.17, 15) is 0 Å². The third-order valence-corrected chi connectivity index (χ3v) is 22.4. The van der Waals surface area contributed by atoms with Gasteiger partial charge in [-0.2, -0.15) is 0 Å². The number of anilines is 2. The van der Waals surface area contributed by atoms with Crippen LogP contribution in [0.2, 0.25) is 13.1 Å². The first-order chi connectivity index (χ1) is 38.6. The van der Waals surface area contributed by atoms with E-state index in [-0.39, 0.29) is 5.41 Å². The molecule has 17 rings (SSSR count). The van der Waals surface area contributed by atoms with Gasteiger partial charge in [0.15, 0.2) is 0 Å². The zero-order chi connectivity index (χ0) is 52.6. The molecular formula is C76H54N2Si. The molecule has 3 heterocycles. The Kier molecular flexibility index (Phi) is 9.03. The van der Waals surface area contributed by atoms with Crippen LogP contribution in [0.15, 0.2) is 237 Å². The molecule has 0 atom stereocenters. The summed E-state index contributed by atoms with van der Waals surface area (Å²) < 4.78 is 2.55. The monoisotopic (exact) mass is 1020 g/mol. The van der Waals surface area contributed by atoms with Crippen LogP contribution >= 0.6 is 0 Å². The first kappa shape index (κ1) is 44.8. The predicted octanol–water partition coefficient (Wildman–Crippen LogP) is 19.4. The molecule has 2 nitrogen and oxygen atoms in total. The molecule has 0 saturated carbocycles. The van der Waals surface area contributed by atoms with Crippen LogP contribution in [0.1, 0.15) is 25.0 Å². The molecule has 0 aliphatic carbocycles. The molecule has 2 aliphatic heterocycles. The summed E-state index contributed by atoms with van der Waals surface area (Å²) in [6.07, 6.45) is 0. The fourth-order valence-electron chi connectivity index (χ4n) is 15.1. The summed E-state index contributed by atoms with van der Waals surface area (Å²) in [5.41, 5.74) is 18.9. The fourth-order valence-corrected chi connectivity index (χ4v) is 18.2. The van der Waals surface area contributed by atoms with Gasteiger partial charge in [-0.25, -0.2) is 0 Å². The molecule has 0 unspecified atom stereocenters. The van der Waals surface area contributed by atoms with Crippen molar-refractivity contribution in [3.05, 3.63) is 248 Å². The molecular weight excluding hydrogens is 969 g/mol. The average Bonchev–Trinajstić information content (AvgIpc) is 4.01. The van der Waals surface area contributed by atoms with Crippen molar-refractivity contribution in [1.82, 2.24) is 4.57 Å². The highest BCUT2D eigenvalue weighted by Crippen LogP contribution is 2.53. The largest absolute Gasteiger partial charge is 0.344 e. The standard InChI is InChI=1S/C76H54N2Si/c1-76(2)62-41-48(34-38-66(62)77(3)67-39-35-49(42-63(67)76)71-54-23-8-10-25-56(54)74(57-26-11-9-24-55(57)71)53-28-16-19-45-18-6-7-21-51(45)53)47-33-37-65-61(40-47)52-22-12-14-30-64(52)78(65)68-43-50-44-70-75(59-27-13-15-31-69(59)79(70,4)5)60-36-32-46-20-17-29-58(68)72(46)73(50)60/h6-44H,1-5H3. The normalized spacial score (nSPS) is 14.3. The minimum atomic E-state index is -1.94. The number of para-hydroxylation sites is 1. The number of hydrogen-bond acceptors (Lipinski definition) is 1. The maximum atomic E-state index is 2.58. The van der Waals surface area contributed by atoms with Crippen molar-refractivity contribution in [3.63, 3.8) is 0 Å². The third-order valence-electron chi connectivity index (χ3n) is 18.9. The lowest BCUT2D eigenvalue weighted by atomic mass is 9.72. The van der Waals surface area contributed by atoms with Crippen molar-refractivity contribution < 1.29 is 0 Å². The quantitative estimate of drug-likeness (QED) is 0.0969. The Hall–Kier alpha value is -9.28. The van der Waals surface area contributed by atoms with Gasteiger partial charge in [0.25, 0.3) is 0 Å². The van der Waals surface area contributed by atoms with Gasteiger partial charge < -0.3 is 9.47 Å². The van der Waals surface area contributed by atoms with Crippen LogP contribution in [-0.2, 0) is 5.41 Å². The lowest BCUT2D eigenvalue weighted by molar-refractivity contribution is 0.630. The lowest BCUT2D eigenvalue weighted by Crippen LogP contribution is -2.49. The maximum Gasteiger partial charge on any atom is 0.113 e. The molecule has 0 radical (unpaired) electrons. The van der Waals surface area contributed by atoms with Crippen LogP contribution in [0.25, 0.3) is 137 Å². The van der Waals surface area contributed by atoms with E-state index in [0.717, 1.165) is 0 Å². The van der Waals surface area contributed by atoms with E-state index in [2.05, 4.69) is 280 Å². The van der Waals surface area contributed by atoms with Gasteiger partial charge in [-0.05, 0) is 174 Å². The summed E-state index contributed by atoms with van der Waals surface area (Å²) in [5, 5.41) is 21.2. The van der Waals surface area contributed by atoms with E-state index < -0.39 is 8.07 Å². The van der Waals surface area contributed by atoms with Crippen molar-refractivity contribution in [2.75, 3.05) is 11.9 Å². The molecule has 0 saturated heterocycles. The Bertz CT molecular complexity index is 5110. The number of benzene rings is 14. The second-order valence-corrected chi connectivity index (χ2v) is 27.9. The van der Waals surface area contributed by atoms with E-state index >= 15 is 0 Å². The van der Waals surface area contributed by atoms with Crippen molar-refractivity contribution in [3.8, 4) is 50.2 Å². The zero-order valence-electron chi connectivity index (χ0n) is 44.9. The van der Waals surface area contributed by atoms with Crippen molar-refractivity contribution >= 4 is 116 Å². The highest BCUT2D eigenvalue weighted by molar-refractivity contribution is 7.04. The Morgan fingerprint density at radius 3 is 1.65 bits per heavy atom. The molecule has 0 bridgehead atoms. The Balaban J connectivity index is 0.807. The van der Waals surface area contributed by atoms with E-state index in [1.54, 1.807) is 10.4 Å². The van der Waals surface area contributed by atoms with Crippen LogP contribution in [-0.4, -0.2) is 19.7 Å². The van der Waals surface area contributed by atoms with Gasteiger partial charge in [-0.3, -0.25) is 0 Å². The summed E-state index contributed by atoms with van der Waals surface area (Å²) in [6.45, 7) is 9.92. The molecule has 3 heteroatoms. The molecule has 79 heavy (non-hydrogen) atoms. The minimum Gasteiger partial charge on any atom is -0.344 e. The predicted molar refractivity (Wildman–Crippen MR) is 342 cm³/mol. The van der Waals surface area contributed by atoms with Crippen LogP contribution in [0.3, 0.4) is 0 Å². The first-order valence-corrected chi connectivity index (χ1v) is 31.0. The van der Waals surface area contributed by atoms with E-state index in [0.29, 0.717) is 0 Å². The second-order valence-electron chi connectivity index (χ2n) is 23.6. The third kappa shape index (κ3) is 6.00. The number of aromatic nitrogens is 1. The Morgan fingerprint density at radius 2 is 0.873 bits per heavy atom. The molecule has 1 aromatic heterocycles. The van der Waals surface area contributed by atoms with Gasteiger partial charge in [-0.15, -0.1) is 0 Å². The Labute approximate surface area is 460 Å². The van der Waals surface area contributed by atoms with Crippen molar-refractivity contribution in [2.24, 2.45) is 0 Å². The second kappa shape index (κ2) is 15.9. The van der Waals surface area contributed by atoms with Gasteiger partial charge in [0.2, 0.25) is 0 Å². The molecule has 0 fully saturated rings. The van der Waals surface area contributed by atoms with Gasteiger partial charge in [0, 0.05) is 40.0 Å². The number of rotatable bonds is 4. The lowest BCUT2D eigenvalue weighted by Gasteiger charge is -2.41. The summed E-state index contributed by atoms with van der Waals surface area (Å²) in [7, 11) is 0.302. The van der Waals surface area contributed by atoms with Gasteiger partial charge in [0.05, 0.1) is 16.7 Å². The van der Waals surface area contributed by atoms with Crippen molar-refractivity contribution in [2.45, 2.75) is 32.4 Å². The molecule has 0 amide bonds. The summed E-state index contributed by atoms with van der Waals surface area (Å²) in [5.74, 6) is 0. The number of nitrogens with zero attached hydrogens (tertiary/aromatic N) is 2. The van der Waals surface area contributed by atoms with Crippen LogP contribution in [0, 0.1) is 0 Å². The molecule has 2 aliphatic rings. The maximum absolute atomic E-state index is 2.58. The van der Waals surface area contributed by atoms with Crippen LogP contribution in [0.5, 0.6) is 0 Å². The summed E-state index contributed by atoms with van der Waals surface area (Å²) in [6, 6.07) is 90.2. The van der Waals surface area contributed by atoms with Gasteiger partial charge in [-0.1, -0.05) is 215 Å². The number of fused-ring (bicyclic) bond motifs is 12. The smallest absolute Gasteiger partial charge is 0.113 e. The van der Waals surface area contributed by atoms with Crippen LogP contribution < -0.4 is 15.3 Å². The topological polar surface area (TPSA) is 8.17 Å². The summed E-state index contributed by atoms with van der Waals surface area (Å²) >= 11 is 0. The molecule has 14 aromatic carbocycles. The Morgan fingerprint density at radius 1 is 0.329 bits per heavy atom. The molecule has 372 valence electrons. The van der Waals surface area contributed by atoms with Crippen LogP contribution in [0.4, 0.5) is 11.4 Å². The summed E-state index contributed by atoms with van der Waals surface area (Å²) in [4.78, 5) is 2.41. The molecule has 15 aromatic rings. The van der Waals surface area contributed by atoms with E-state index in [1.165, 1.54) is 159 Å². The highest BCUT2D eigenvalue weighted by atomic mass is 28.3. The zero-order valence-corrected chi connectivity index (χ0v) is 45.9. The number of hydrogen-bond donors (Lipinski definition) is 0. The fraction of sp³-hybridized carbons (Fsp3) is 0.0789. The van der Waals surface area contributed by atoms with E-state index in [4.69, 9.17) is 0 Å². The van der Waals surface area contributed by atoms with Crippen molar-refractivity contribution in [1.29, 1.82) is 0 Å². The van der Waals surface area contributed by atoms with Gasteiger partial charge >= 0.3 is 0 Å². The molecule has 0 N–H and O–H groups in total. The highest BCUT2D eigenvalue weighted by Gasteiger charge is 2.40. The molecule has 0 spiro atoms. The van der Waals surface area contributed by atoms with Gasteiger partial charge in [0.1, 0.15) is 8.07 Å². The first-order valence-electron chi connectivity index (χ1n) is 28.0.